The Hall–Kier alpha value is -2.26. The Morgan fingerprint density at radius 3 is 2.12 bits per heavy atom. The highest BCUT2D eigenvalue weighted by molar-refractivity contribution is 8.02. The van der Waals surface area contributed by atoms with Crippen LogP contribution in [0.5, 0.6) is 0 Å². The van der Waals surface area contributed by atoms with Crippen molar-refractivity contribution >= 4 is 23.5 Å². The van der Waals surface area contributed by atoms with Gasteiger partial charge in [0.25, 0.3) is 5.56 Å². The second-order valence-electron chi connectivity index (χ2n) is 4.63. The molecule has 0 saturated carbocycles. The van der Waals surface area contributed by atoms with Gasteiger partial charge >= 0.3 is 0 Å². The SMILES string of the molecule is CCCn1ncc(Sc2ncccn2)c(Sc2ncccn2)c1=O. The quantitative estimate of drug-likeness (QED) is 0.621. The smallest absolute Gasteiger partial charge is 0.266 e. The van der Waals surface area contributed by atoms with Crippen molar-refractivity contribution in [3.63, 3.8) is 0 Å². The minimum Gasteiger partial charge on any atom is -0.266 e. The van der Waals surface area contributed by atoms with Gasteiger partial charge in [-0.2, -0.15) is 5.10 Å². The fourth-order valence-electron chi connectivity index (χ4n) is 1.86. The molecule has 24 heavy (non-hydrogen) atoms. The van der Waals surface area contributed by atoms with Crippen molar-refractivity contribution in [1.29, 1.82) is 0 Å². The van der Waals surface area contributed by atoms with Crippen LogP contribution in [-0.4, -0.2) is 29.7 Å². The largest absolute Gasteiger partial charge is 0.282 e. The van der Waals surface area contributed by atoms with E-state index >= 15 is 0 Å². The third kappa shape index (κ3) is 3.98. The summed E-state index contributed by atoms with van der Waals surface area (Å²) in [5.74, 6) is 0. The summed E-state index contributed by atoms with van der Waals surface area (Å²) in [6.07, 6.45) is 9.11. The van der Waals surface area contributed by atoms with Crippen molar-refractivity contribution in [3.8, 4) is 0 Å². The molecule has 0 fully saturated rings. The van der Waals surface area contributed by atoms with Crippen molar-refractivity contribution in [2.24, 2.45) is 0 Å². The lowest BCUT2D eigenvalue weighted by atomic mass is 10.5. The number of aromatic nitrogens is 6. The van der Waals surface area contributed by atoms with Gasteiger partial charge in [0.1, 0.15) is 0 Å². The highest BCUT2D eigenvalue weighted by Gasteiger charge is 2.16. The van der Waals surface area contributed by atoms with Gasteiger partial charge in [0.05, 0.1) is 16.0 Å². The van der Waals surface area contributed by atoms with E-state index in [0.717, 1.165) is 6.42 Å². The van der Waals surface area contributed by atoms with E-state index < -0.39 is 0 Å². The molecule has 3 rings (SSSR count). The van der Waals surface area contributed by atoms with E-state index in [9.17, 15) is 4.79 Å². The summed E-state index contributed by atoms with van der Waals surface area (Å²) in [7, 11) is 0. The van der Waals surface area contributed by atoms with Crippen LogP contribution in [0.25, 0.3) is 0 Å². The van der Waals surface area contributed by atoms with Crippen molar-refractivity contribution in [3.05, 3.63) is 53.5 Å². The van der Waals surface area contributed by atoms with E-state index in [2.05, 4.69) is 25.0 Å². The predicted molar refractivity (Wildman–Crippen MR) is 91.1 cm³/mol. The summed E-state index contributed by atoms with van der Waals surface area (Å²) < 4.78 is 1.46. The van der Waals surface area contributed by atoms with Crippen molar-refractivity contribution in [1.82, 2.24) is 29.7 Å². The molecule has 9 heteroatoms. The van der Waals surface area contributed by atoms with Gasteiger partial charge in [-0.3, -0.25) is 4.79 Å². The van der Waals surface area contributed by atoms with E-state index in [-0.39, 0.29) is 5.56 Å². The third-order valence-electron chi connectivity index (χ3n) is 2.88. The second kappa shape index (κ2) is 8.02. The molecule has 0 aliphatic heterocycles. The summed E-state index contributed by atoms with van der Waals surface area (Å²) in [6.45, 7) is 2.57. The molecule has 0 aliphatic carbocycles. The van der Waals surface area contributed by atoms with Crippen LogP contribution in [0.2, 0.25) is 0 Å². The van der Waals surface area contributed by atoms with Gasteiger partial charge in [0, 0.05) is 31.3 Å². The summed E-state index contributed by atoms with van der Waals surface area (Å²) in [4.78, 5) is 30.7. The molecular weight excluding hydrogens is 344 g/mol. The Labute approximate surface area is 147 Å². The molecule has 0 bridgehead atoms. The summed E-state index contributed by atoms with van der Waals surface area (Å²) >= 11 is 2.53. The standard InChI is InChI=1S/C15H14N6OS2/c1-2-9-21-13(22)12(24-15-18-7-4-8-19-15)11(10-20-21)23-14-16-5-3-6-17-14/h3-8,10H,2,9H2,1H3. The highest BCUT2D eigenvalue weighted by atomic mass is 32.2. The minimum absolute atomic E-state index is 0.157. The molecule has 0 amide bonds. The third-order valence-corrected chi connectivity index (χ3v) is 4.93. The van der Waals surface area contributed by atoms with E-state index in [4.69, 9.17) is 0 Å². The topological polar surface area (TPSA) is 86.4 Å². The molecule has 122 valence electrons. The number of rotatable bonds is 6. The van der Waals surface area contributed by atoms with Crippen LogP contribution in [0.3, 0.4) is 0 Å². The lowest BCUT2D eigenvalue weighted by Crippen LogP contribution is -2.24. The summed E-state index contributed by atoms with van der Waals surface area (Å²) in [6, 6.07) is 3.48. The van der Waals surface area contributed by atoms with Crippen LogP contribution in [0, 0.1) is 0 Å². The molecule has 3 aromatic heterocycles. The first-order valence-corrected chi connectivity index (χ1v) is 8.91. The lowest BCUT2D eigenvalue weighted by Gasteiger charge is -2.09. The van der Waals surface area contributed by atoms with Crippen molar-refractivity contribution in [2.75, 3.05) is 0 Å². The van der Waals surface area contributed by atoms with E-state index in [1.165, 1.54) is 28.2 Å². The Bertz CT molecular complexity index is 857. The van der Waals surface area contributed by atoms with E-state index in [1.54, 1.807) is 43.1 Å². The molecule has 0 unspecified atom stereocenters. The highest BCUT2D eigenvalue weighted by Crippen LogP contribution is 2.33. The minimum atomic E-state index is -0.157. The van der Waals surface area contributed by atoms with Crippen LogP contribution in [-0.2, 0) is 6.54 Å². The maximum absolute atomic E-state index is 12.7. The second-order valence-corrected chi connectivity index (χ2v) is 6.62. The van der Waals surface area contributed by atoms with Gasteiger partial charge in [-0.15, -0.1) is 0 Å². The average molecular weight is 358 g/mol. The van der Waals surface area contributed by atoms with Gasteiger partial charge < -0.3 is 0 Å². The maximum Gasteiger partial charge on any atom is 0.282 e. The Balaban J connectivity index is 2.00. The maximum atomic E-state index is 12.7. The zero-order chi connectivity index (χ0) is 16.8. The van der Waals surface area contributed by atoms with Gasteiger partial charge in [-0.25, -0.2) is 24.6 Å². The molecule has 0 spiro atoms. The first kappa shape index (κ1) is 16.6. The molecule has 0 aromatic carbocycles. The molecular formula is C15H14N6OS2. The number of hydrogen-bond donors (Lipinski definition) is 0. The Morgan fingerprint density at radius 2 is 1.54 bits per heavy atom. The molecule has 3 aromatic rings. The van der Waals surface area contributed by atoms with Crippen LogP contribution in [0.1, 0.15) is 13.3 Å². The van der Waals surface area contributed by atoms with Crippen LogP contribution >= 0.6 is 23.5 Å². The Kier molecular flexibility index (Phi) is 5.55. The Morgan fingerprint density at radius 1 is 0.958 bits per heavy atom. The van der Waals surface area contributed by atoms with E-state index in [1.807, 2.05) is 6.92 Å². The zero-order valence-corrected chi connectivity index (χ0v) is 14.5. The van der Waals surface area contributed by atoms with Crippen LogP contribution in [0.4, 0.5) is 0 Å². The van der Waals surface area contributed by atoms with Crippen molar-refractivity contribution in [2.45, 2.75) is 40.0 Å². The lowest BCUT2D eigenvalue weighted by molar-refractivity contribution is 0.549. The molecule has 0 aliphatic rings. The molecule has 0 radical (unpaired) electrons. The monoisotopic (exact) mass is 358 g/mol. The molecule has 3 heterocycles. The van der Waals surface area contributed by atoms with Gasteiger partial charge in [0.15, 0.2) is 10.3 Å². The van der Waals surface area contributed by atoms with Crippen molar-refractivity contribution < 1.29 is 0 Å². The summed E-state index contributed by atoms with van der Waals surface area (Å²) in [5, 5.41) is 5.31. The normalized spacial score (nSPS) is 10.7. The summed E-state index contributed by atoms with van der Waals surface area (Å²) in [5.41, 5.74) is -0.157. The first-order chi connectivity index (χ1) is 11.8. The molecule has 0 N–H and O–H groups in total. The average Bonchev–Trinajstić information content (AvgIpc) is 2.62. The zero-order valence-electron chi connectivity index (χ0n) is 12.9. The molecule has 7 nitrogen and oxygen atoms in total. The first-order valence-electron chi connectivity index (χ1n) is 7.27. The van der Waals surface area contributed by atoms with Gasteiger partial charge in [-0.05, 0) is 42.1 Å². The number of aryl methyl sites for hydroxylation is 1. The fraction of sp³-hybridized carbons (Fsp3) is 0.200. The fourth-order valence-corrected chi connectivity index (χ4v) is 3.57. The van der Waals surface area contributed by atoms with Crippen LogP contribution in [0.15, 0.2) is 68.0 Å². The number of hydrogen-bond acceptors (Lipinski definition) is 8. The van der Waals surface area contributed by atoms with Gasteiger partial charge in [0.2, 0.25) is 0 Å². The number of nitrogens with zero attached hydrogens (tertiary/aromatic N) is 6. The van der Waals surface area contributed by atoms with Crippen LogP contribution < -0.4 is 5.56 Å². The molecule has 0 atom stereocenters. The van der Waals surface area contributed by atoms with E-state index in [0.29, 0.717) is 26.6 Å². The predicted octanol–water partition coefficient (Wildman–Crippen LogP) is 2.54. The molecule has 0 saturated heterocycles. The van der Waals surface area contributed by atoms with Gasteiger partial charge in [-0.1, -0.05) is 6.92 Å².